The van der Waals surface area contributed by atoms with Crippen molar-refractivity contribution in [2.45, 2.75) is 26.5 Å². The summed E-state index contributed by atoms with van der Waals surface area (Å²) >= 11 is 3.43. The van der Waals surface area contributed by atoms with Gasteiger partial charge in [-0.3, -0.25) is 0 Å². The predicted molar refractivity (Wildman–Crippen MR) is 88.1 cm³/mol. The lowest BCUT2D eigenvalue weighted by atomic mass is 10.2. The fourth-order valence-corrected chi connectivity index (χ4v) is 2.07. The van der Waals surface area contributed by atoms with Crippen LogP contribution in [-0.4, -0.2) is 6.10 Å². The molecule has 0 amide bonds. The third-order valence-electron chi connectivity index (χ3n) is 2.79. The van der Waals surface area contributed by atoms with Crippen molar-refractivity contribution in [2.24, 2.45) is 0 Å². The number of nitrogens with one attached hydrogen (secondary N) is 1. The number of ether oxygens (including phenoxy) is 1. The topological polar surface area (TPSA) is 47.3 Å². The fraction of sp³-hybridized carbons (Fsp3) is 0.250. The Labute approximate surface area is 128 Å². The minimum absolute atomic E-state index is 0.110. The van der Waals surface area contributed by atoms with Crippen molar-refractivity contribution in [3.63, 3.8) is 0 Å². The van der Waals surface area contributed by atoms with Crippen LogP contribution >= 0.6 is 15.9 Å². The molecule has 0 fully saturated rings. The maximum atomic E-state index is 5.90. The van der Waals surface area contributed by atoms with E-state index in [1.54, 1.807) is 0 Å². The van der Waals surface area contributed by atoms with Crippen molar-refractivity contribution >= 4 is 27.3 Å². The van der Waals surface area contributed by atoms with Gasteiger partial charge in [-0.25, -0.2) is 0 Å². The average Bonchev–Trinajstić information content (AvgIpc) is 2.41. The highest BCUT2D eigenvalue weighted by molar-refractivity contribution is 9.10. The van der Waals surface area contributed by atoms with E-state index >= 15 is 0 Å². The first-order valence-electron chi connectivity index (χ1n) is 6.59. The summed E-state index contributed by atoms with van der Waals surface area (Å²) in [6, 6.07) is 14.0. The monoisotopic (exact) mass is 334 g/mol. The van der Waals surface area contributed by atoms with Crippen LogP contribution < -0.4 is 15.8 Å². The Morgan fingerprint density at radius 2 is 1.85 bits per heavy atom. The van der Waals surface area contributed by atoms with Crippen LogP contribution in [0.25, 0.3) is 0 Å². The quantitative estimate of drug-likeness (QED) is 0.795. The zero-order valence-corrected chi connectivity index (χ0v) is 13.3. The van der Waals surface area contributed by atoms with Crippen LogP contribution in [0.5, 0.6) is 5.75 Å². The van der Waals surface area contributed by atoms with E-state index in [9.17, 15) is 0 Å². The molecular weight excluding hydrogens is 316 g/mol. The van der Waals surface area contributed by atoms with Gasteiger partial charge < -0.3 is 15.8 Å². The summed E-state index contributed by atoms with van der Waals surface area (Å²) in [4.78, 5) is 0. The molecule has 4 heteroatoms. The average molecular weight is 335 g/mol. The van der Waals surface area contributed by atoms with Crippen molar-refractivity contribution in [1.29, 1.82) is 0 Å². The number of nitrogen functional groups attached to an aromatic ring is 1. The van der Waals surface area contributed by atoms with E-state index in [-0.39, 0.29) is 6.10 Å². The molecule has 0 aliphatic rings. The number of hydrogen-bond acceptors (Lipinski definition) is 3. The van der Waals surface area contributed by atoms with Crippen molar-refractivity contribution < 1.29 is 4.74 Å². The van der Waals surface area contributed by atoms with Gasteiger partial charge in [-0.1, -0.05) is 28.1 Å². The second-order valence-corrected chi connectivity index (χ2v) is 5.81. The van der Waals surface area contributed by atoms with Crippen LogP contribution in [0.3, 0.4) is 0 Å². The molecule has 0 saturated heterocycles. The molecule has 2 rings (SSSR count). The molecule has 0 bridgehead atoms. The van der Waals surface area contributed by atoms with Crippen LogP contribution in [0.1, 0.15) is 19.4 Å². The van der Waals surface area contributed by atoms with Gasteiger partial charge in [0.1, 0.15) is 5.75 Å². The third kappa shape index (κ3) is 4.17. The maximum Gasteiger partial charge on any atom is 0.144 e. The molecule has 0 spiro atoms. The van der Waals surface area contributed by atoms with Gasteiger partial charge in [-0.2, -0.15) is 0 Å². The Morgan fingerprint density at radius 3 is 2.50 bits per heavy atom. The molecule has 2 aromatic carbocycles. The van der Waals surface area contributed by atoms with Crippen LogP contribution in [0.15, 0.2) is 46.9 Å². The van der Waals surface area contributed by atoms with Crippen LogP contribution in [0, 0.1) is 0 Å². The van der Waals surface area contributed by atoms with E-state index in [0.29, 0.717) is 5.69 Å². The normalized spacial score (nSPS) is 10.6. The number of anilines is 2. The predicted octanol–water partition coefficient (Wildman–Crippen LogP) is 4.43. The van der Waals surface area contributed by atoms with Gasteiger partial charge in [-0.15, -0.1) is 0 Å². The molecule has 0 saturated carbocycles. The van der Waals surface area contributed by atoms with Crippen LogP contribution in [0.2, 0.25) is 0 Å². The lowest BCUT2D eigenvalue weighted by Gasteiger charge is -2.14. The van der Waals surface area contributed by atoms with Crippen molar-refractivity contribution in [2.75, 3.05) is 11.1 Å². The number of nitrogens with two attached hydrogens (primary N) is 1. The molecule has 0 heterocycles. The molecule has 0 aliphatic heterocycles. The van der Waals surface area contributed by atoms with E-state index in [1.807, 2.05) is 44.2 Å². The number of halogens is 1. The van der Waals surface area contributed by atoms with E-state index < -0.39 is 0 Å². The van der Waals surface area contributed by atoms with Gasteiger partial charge in [0, 0.05) is 22.8 Å². The van der Waals surface area contributed by atoms with E-state index in [4.69, 9.17) is 10.5 Å². The van der Waals surface area contributed by atoms with Gasteiger partial charge in [0.2, 0.25) is 0 Å². The Balaban J connectivity index is 2.04. The molecular formula is C16H19BrN2O. The Bertz CT molecular complexity index is 567. The Hall–Kier alpha value is -1.68. The summed E-state index contributed by atoms with van der Waals surface area (Å²) in [5, 5.41) is 3.37. The second-order valence-electron chi connectivity index (χ2n) is 4.90. The van der Waals surface area contributed by atoms with E-state index in [2.05, 4.69) is 33.4 Å². The lowest BCUT2D eigenvalue weighted by molar-refractivity contribution is 0.244. The first-order chi connectivity index (χ1) is 9.54. The molecule has 106 valence electrons. The standard InChI is InChI=1S/C16H19BrN2O/c1-11(2)20-16-9-14(7-8-15(16)18)19-10-12-3-5-13(17)6-4-12/h3-9,11,19H,10,18H2,1-2H3. The first-order valence-corrected chi connectivity index (χ1v) is 7.38. The summed E-state index contributed by atoms with van der Waals surface area (Å²) in [7, 11) is 0. The summed E-state index contributed by atoms with van der Waals surface area (Å²) in [6.45, 7) is 4.74. The molecule has 0 unspecified atom stereocenters. The molecule has 0 aliphatic carbocycles. The highest BCUT2D eigenvalue weighted by Crippen LogP contribution is 2.26. The van der Waals surface area contributed by atoms with Crippen LogP contribution in [-0.2, 0) is 6.54 Å². The van der Waals surface area contributed by atoms with Crippen molar-refractivity contribution in [3.8, 4) is 5.75 Å². The third-order valence-corrected chi connectivity index (χ3v) is 3.31. The fourth-order valence-electron chi connectivity index (χ4n) is 1.81. The largest absolute Gasteiger partial charge is 0.489 e. The van der Waals surface area contributed by atoms with Crippen molar-refractivity contribution in [3.05, 3.63) is 52.5 Å². The van der Waals surface area contributed by atoms with E-state index in [0.717, 1.165) is 22.5 Å². The molecule has 3 nitrogen and oxygen atoms in total. The first kappa shape index (κ1) is 14.7. The summed E-state index contributed by atoms with van der Waals surface area (Å²) in [6.07, 6.45) is 0.110. The lowest BCUT2D eigenvalue weighted by Crippen LogP contribution is -2.08. The summed E-state index contributed by atoms with van der Waals surface area (Å²) in [5.74, 6) is 0.723. The second kappa shape index (κ2) is 6.66. The number of benzene rings is 2. The van der Waals surface area contributed by atoms with Gasteiger partial charge in [-0.05, 0) is 43.7 Å². The highest BCUT2D eigenvalue weighted by Gasteiger charge is 2.04. The summed E-state index contributed by atoms with van der Waals surface area (Å²) < 4.78 is 6.77. The minimum Gasteiger partial charge on any atom is -0.489 e. The number of rotatable bonds is 5. The SMILES string of the molecule is CC(C)Oc1cc(NCc2ccc(Br)cc2)ccc1N. The maximum absolute atomic E-state index is 5.90. The zero-order valence-electron chi connectivity index (χ0n) is 11.7. The molecule has 3 N–H and O–H groups in total. The Morgan fingerprint density at radius 1 is 1.15 bits per heavy atom. The van der Waals surface area contributed by atoms with Crippen molar-refractivity contribution in [1.82, 2.24) is 0 Å². The Kier molecular flexibility index (Phi) is 4.90. The molecule has 20 heavy (non-hydrogen) atoms. The molecule has 0 aromatic heterocycles. The highest BCUT2D eigenvalue weighted by atomic mass is 79.9. The van der Waals surface area contributed by atoms with Gasteiger partial charge in [0.25, 0.3) is 0 Å². The minimum atomic E-state index is 0.110. The van der Waals surface area contributed by atoms with Crippen LogP contribution in [0.4, 0.5) is 11.4 Å². The van der Waals surface area contributed by atoms with Gasteiger partial charge >= 0.3 is 0 Å². The zero-order chi connectivity index (χ0) is 14.5. The number of hydrogen-bond donors (Lipinski definition) is 2. The van der Waals surface area contributed by atoms with Gasteiger partial charge in [0.05, 0.1) is 11.8 Å². The molecule has 0 radical (unpaired) electrons. The smallest absolute Gasteiger partial charge is 0.144 e. The molecule has 0 atom stereocenters. The summed E-state index contributed by atoms with van der Waals surface area (Å²) in [5.41, 5.74) is 8.78. The van der Waals surface area contributed by atoms with Gasteiger partial charge in [0.15, 0.2) is 0 Å². The molecule has 2 aromatic rings. The van der Waals surface area contributed by atoms with E-state index in [1.165, 1.54) is 5.56 Å².